The van der Waals surface area contributed by atoms with E-state index in [-0.39, 0.29) is 5.88 Å². The molecule has 0 saturated carbocycles. The van der Waals surface area contributed by atoms with E-state index in [2.05, 4.69) is 34.1 Å². The van der Waals surface area contributed by atoms with Gasteiger partial charge in [0, 0.05) is 35.1 Å². The van der Waals surface area contributed by atoms with Crippen molar-refractivity contribution in [3.8, 4) is 17.0 Å². The van der Waals surface area contributed by atoms with Crippen LogP contribution in [-0.2, 0) is 0 Å². The molecule has 8 heteroatoms. The van der Waals surface area contributed by atoms with E-state index >= 15 is 0 Å². The monoisotopic (exact) mass is 604 g/mol. The Morgan fingerprint density at radius 1 is 0.636 bits per heavy atom. The van der Waals surface area contributed by atoms with Crippen LogP contribution in [0, 0.1) is 0 Å². The summed E-state index contributed by atoms with van der Waals surface area (Å²) in [5, 5.41) is 15.9. The average molecular weight is 605 g/mol. The van der Waals surface area contributed by atoms with Crippen molar-refractivity contribution in [2.45, 2.75) is 129 Å². The zero-order valence-electron chi connectivity index (χ0n) is 26.9. The summed E-state index contributed by atoms with van der Waals surface area (Å²) in [6.45, 7) is 5.50. The predicted octanol–water partition coefficient (Wildman–Crippen LogP) is 7.79. The maximum absolute atomic E-state index is 13.1. The number of hydrogen-bond acceptors (Lipinski definition) is 6. The van der Waals surface area contributed by atoms with Crippen LogP contribution in [0.5, 0.6) is 5.88 Å². The number of hydrogen-bond donors (Lipinski definition) is 4. The van der Waals surface area contributed by atoms with E-state index in [9.17, 15) is 19.5 Å². The highest BCUT2D eigenvalue weighted by atomic mass is 16.3. The first-order chi connectivity index (χ1) is 21.5. The van der Waals surface area contributed by atoms with Gasteiger partial charge in [-0.3, -0.25) is 29.3 Å². The van der Waals surface area contributed by atoms with Gasteiger partial charge in [0.15, 0.2) is 5.88 Å². The summed E-state index contributed by atoms with van der Waals surface area (Å²) in [7, 11) is 0. The van der Waals surface area contributed by atoms with Gasteiger partial charge in [0.1, 0.15) is 0 Å². The number of H-pyrrole nitrogens is 2. The van der Waals surface area contributed by atoms with Gasteiger partial charge in [-0.05, 0) is 25.0 Å². The van der Waals surface area contributed by atoms with Crippen LogP contribution >= 0.6 is 0 Å². The lowest BCUT2D eigenvalue weighted by Crippen LogP contribution is -2.27. The van der Waals surface area contributed by atoms with Crippen LogP contribution in [0.15, 0.2) is 31.5 Å². The molecular weight excluding hydrogens is 552 g/mol. The third-order valence-corrected chi connectivity index (χ3v) is 8.94. The average Bonchev–Trinajstić information content (AvgIpc) is 3.00. The van der Waals surface area contributed by atoms with Crippen molar-refractivity contribution in [3.05, 3.63) is 48.6 Å². The van der Waals surface area contributed by atoms with Crippen LogP contribution in [0.25, 0.3) is 32.7 Å². The minimum absolute atomic E-state index is 0.283. The number of nitrogens with one attached hydrogen (secondary N) is 3. The Morgan fingerprint density at radius 2 is 1.18 bits per heavy atom. The Bertz CT molecular complexity index is 1660. The molecule has 2 heterocycles. The quantitative estimate of drug-likeness (QED) is 0.0570. The van der Waals surface area contributed by atoms with E-state index in [4.69, 9.17) is 0 Å². The van der Waals surface area contributed by atoms with Gasteiger partial charge in [-0.25, -0.2) is 0 Å². The fourth-order valence-electron chi connectivity index (χ4n) is 6.44. The standard InChI is InChI=1S/C36H52N4O4/c1-3-5-7-8-9-10-11-12-13-14-15-16-17-18-19-20-22-38-28-24-26-29-30-25(33(41)40-36(44)32(28)30)23-27(37-21-6-4-2)31(29)35(43)39-34(26)42/h23-24,38H,3-22H2,1-2H3,(H2,39,42,43)(H,40,41,44). The molecule has 2 aromatic rings. The van der Waals surface area contributed by atoms with E-state index in [1.165, 1.54) is 89.9 Å². The zero-order chi connectivity index (χ0) is 31.3. The highest BCUT2D eigenvalue weighted by Crippen LogP contribution is 2.39. The summed E-state index contributed by atoms with van der Waals surface area (Å²) in [6, 6.07) is 3.31. The Hall–Kier alpha value is -3.42. The molecule has 1 aliphatic heterocycles. The van der Waals surface area contributed by atoms with Gasteiger partial charge in [0.2, 0.25) is 0 Å². The lowest BCUT2D eigenvalue weighted by Gasteiger charge is -2.18. The van der Waals surface area contributed by atoms with E-state index in [1.54, 1.807) is 12.1 Å². The zero-order valence-corrected chi connectivity index (χ0v) is 26.9. The van der Waals surface area contributed by atoms with Crippen LogP contribution < -0.4 is 27.4 Å². The molecule has 1 aliphatic carbocycles. The minimum Gasteiger partial charge on any atom is -0.494 e. The number of pyridine rings is 2. The number of aromatic nitrogens is 2. The van der Waals surface area contributed by atoms with E-state index < -0.39 is 16.7 Å². The van der Waals surface area contributed by atoms with Crippen molar-refractivity contribution in [1.29, 1.82) is 0 Å². The molecule has 1 aromatic carbocycles. The molecule has 0 bridgehead atoms. The molecular formula is C36H52N4O4. The number of benzene rings is 2. The fraction of sp³-hybridized carbons (Fsp3) is 0.611. The summed E-state index contributed by atoms with van der Waals surface area (Å²) >= 11 is 0. The number of rotatable bonds is 21. The van der Waals surface area contributed by atoms with E-state index in [1.807, 2.05) is 0 Å². The Labute approximate surface area is 260 Å². The van der Waals surface area contributed by atoms with Gasteiger partial charge in [0.25, 0.3) is 16.7 Å². The molecule has 0 saturated heterocycles. The maximum Gasteiger partial charge on any atom is 0.260 e. The number of aromatic amines is 2. The largest absolute Gasteiger partial charge is 0.494 e. The molecule has 44 heavy (non-hydrogen) atoms. The third kappa shape index (κ3) is 8.39. The second-order valence-electron chi connectivity index (χ2n) is 12.5. The molecule has 1 aromatic heterocycles. The van der Waals surface area contributed by atoms with Crippen LogP contribution in [0.1, 0.15) is 129 Å². The molecule has 2 aliphatic rings. The number of nitrogens with zero attached hydrogens (tertiary/aromatic N) is 1. The van der Waals surface area contributed by atoms with E-state index in [0.717, 1.165) is 25.7 Å². The van der Waals surface area contributed by atoms with Gasteiger partial charge < -0.3 is 10.4 Å². The van der Waals surface area contributed by atoms with Crippen molar-refractivity contribution in [2.75, 3.05) is 18.4 Å². The Kier molecular flexibility index (Phi) is 13.1. The minimum atomic E-state index is -0.521. The first-order valence-electron chi connectivity index (χ1n) is 17.3. The Morgan fingerprint density at radius 3 is 1.77 bits per heavy atom. The molecule has 0 unspecified atom stereocenters. The summed E-state index contributed by atoms with van der Waals surface area (Å²) < 4.78 is 0. The molecule has 240 valence electrons. The maximum atomic E-state index is 13.1. The smallest absolute Gasteiger partial charge is 0.260 e. The Balaban J connectivity index is 1.32. The SMILES string of the molecule is CCCCCCCCCCCCCCCCCCNc1cc2c(O)[nH]c(=O)c3c(=NCCCC)cc4c(=O)[nH]c(=O)c1c-4c23. The first kappa shape index (κ1) is 33.5. The third-order valence-electron chi connectivity index (χ3n) is 8.94. The van der Waals surface area contributed by atoms with Crippen LogP contribution in [0.2, 0.25) is 0 Å². The van der Waals surface area contributed by atoms with Gasteiger partial charge >= 0.3 is 0 Å². The van der Waals surface area contributed by atoms with Crippen molar-refractivity contribution in [2.24, 2.45) is 4.99 Å². The molecule has 0 fully saturated rings. The second kappa shape index (κ2) is 17.2. The van der Waals surface area contributed by atoms with Crippen molar-refractivity contribution < 1.29 is 5.11 Å². The highest BCUT2D eigenvalue weighted by Gasteiger charge is 2.25. The fourth-order valence-corrected chi connectivity index (χ4v) is 6.44. The topological polar surface area (TPSA) is 127 Å². The van der Waals surface area contributed by atoms with Crippen LogP contribution in [0.3, 0.4) is 0 Å². The van der Waals surface area contributed by atoms with Crippen molar-refractivity contribution in [3.63, 3.8) is 0 Å². The predicted molar refractivity (Wildman–Crippen MR) is 183 cm³/mol. The van der Waals surface area contributed by atoms with Crippen molar-refractivity contribution >= 4 is 27.2 Å². The summed E-state index contributed by atoms with van der Waals surface area (Å²) in [4.78, 5) is 48.6. The number of anilines is 1. The molecule has 0 amide bonds. The molecule has 4 rings (SSSR count). The van der Waals surface area contributed by atoms with Gasteiger partial charge in [-0.2, -0.15) is 0 Å². The summed E-state index contributed by atoms with van der Waals surface area (Å²) in [5.41, 5.74) is -0.276. The molecule has 0 spiro atoms. The molecule has 0 radical (unpaired) electrons. The summed E-state index contributed by atoms with van der Waals surface area (Å²) in [6.07, 6.45) is 22.7. The van der Waals surface area contributed by atoms with Gasteiger partial charge in [0.05, 0.1) is 21.7 Å². The van der Waals surface area contributed by atoms with Gasteiger partial charge in [-0.1, -0.05) is 117 Å². The molecule has 0 atom stereocenters. The highest BCUT2D eigenvalue weighted by molar-refractivity contribution is 6.18. The van der Waals surface area contributed by atoms with E-state index in [0.29, 0.717) is 56.8 Å². The normalized spacial score (nSPS) is 12.4. The van der Waals surface area contributed by atoms with Gasteiger partial charge in [-0.15, -0.1) is 0 Å². The second-order valence-corrected chi connectivity index (χ2v) is 12.5. The lowest BCUT2D eigenvalue weighted by molar-refractivity contribution is 0.459. The lowest BCUT2D eigenvalue weighted by atomic mass is 9.90. The summed E-state index contributed by atoms with van der Waals surface area (Å²) in [5.74, 6) is -0.283. The van der Waals surface area contributed by atoms with Crippen molar-refractivity contribution in [1.82, 2.24) is 9.97 Å². The number of unbranched alkanes of at least 4 members (excludes halogenated alkanes) is 16. The van der Waals surface area contributed by atoms with Crippen LogP contribution in [-0.4, -0.2) is 28.2 Å². The number of aromatic hydroxyl groups is 1. The molecule has 4 N–H and O–H groups in total. The molecule has 8 nitrogen and oxygen atoms in total. The van der Waals surface area contributed by atoms with Crippen LogP contribution in [0.4, 0.5) is 5.69 Å². The first-order valence-corrected chi connectivity index (χ1v) is 17.3.